The van der Waals surface area contributed by atoms with E-state index in [9.17, 15) is 4.79 Å². The van der Waals surface area contributed by atoms with E-state index in [1.165, 1.54) is 0 Å². The second kappa shape index (κ2) is 4.94. The van der Waals surface area contributed by atoms with Gasteiger partial charge in [-0.25, -0.2) is 0 Å². The molecule has 2 aliphatic rings. The number of hydrogen-bond donors (Lipinski definition) is 0. The first-order valence-corrected chi connectivity index (χ1v) is 5.70. The Morgan fingerprint density at radius 2 is 2.07 bits per heavy atom. The number of methoxy groups -OCH3 is 1. The lowest BCUT2D eigenvalue weighted by atomic mass is 10.0. The quantitative estimate of drug-likeness (QED) is 0.676. The first-order chi connectivity index (χ1) is 7.31. The number of amides is 1. The van der Waals surface area contributed by atoms with Gasteiger partial charge in [-0.3, -0.25) is 4.79 Å². The fourth-order valence-electron chi connectivity index (χ4n) is 2.30. The monoisotopic (exact) mass is 213 g/mol. The highest BCUT2D eigenvalue weighted by Crippen LogP contribution is 2.19. The Balaban J connectivity index is 1.81. The van der Waals surface area contributed by atoms with Crippen LogP contribution >= 0.6 is 0 Å². The van der Waals surface area contributed by atoms with Crippen LogP contribution in [0.25, 0.3) is 0 Å². The lowest BCUT2D eigenvalue weighted by molar-refractivity contribution is -0.137. The largest absolute Gasteiger partial charge is 0.381 e. The molecule has 0 bridgehead atoms. The molecule has 2 heterocycles. The van der Waals surface area contributed by atoms with E-state index in [-0.39, 0.29) is 11.8 Å². The number of hydrogen-bond acceptors (Lipinski definition) is 3. The molecule has 0 aromatic rings. The Morgan fingerprint density at radius 3 is 2.60 bits per heavy atom. The molecule has 4 heteroatoms. The average Bonchev–Trinajstić information content (AvgIpc) is 2.82. The van der Waals surface area contributed by atoms with Gasteiger partial charge in [-0.15, -0.1) is 0 Å². The van der Waals surface area contributed by atoms with Crippen LogP contribution in [0.1, 0.15) is 19.3 Å². The van der Waals surface area contributed by atoms with Gasteiger partial charge in [0.2, 0.25) is 5.91 Å². The lowest BCUT2D eigenvalue weighted by Gasteiger charge is -2.32. The van der Waals surface area contributed by atoms with Gasteiger partial charge >= 0.3 is 0 Å². The molecule has 2 aliphatic heterocycles. The van der Waals surface area contributed by atoms with Crippen LogP contribution in [0.4, 0.5) is 0 Å². The van der Waals surface area contributed by atoms with Gasteiger partial charge in [0.05, 0.1) is 18.6 Å². The van der Waals surface area contributed by atoms with E-state index in [2.05, 4.69) is 0 Å². The van der Waals surface area contributed by atoms with E-state index in [0.717, 1.165) is 39.0 Å². The van der Waals surface area contributed by atoms with Gasteiger partial charge < -0.3 is 14.4 Å². The van der Waals surface area contributed by atoms with Gasteiger partial charge in [-0.05, 0) is 19.3 Å². The van der Waals surface area contributed by atoms with Crippen molar-refractivity contribution in [1.29, 1.82) is 0 Å². The molecule has 4 nitrogen and oxygen atoms in total. The predicted molar refractivity (Wildman–Crippen MR) is 55.5 cm³/mol. The Hall–Kier alpha value is -0.610. The number of piperidine rings is 1. The number of carbonyl (C=O) groups is 1. The maximum Gasteiger partial charge on any atom is 0.228 e. The van der Waals surface area contributed by atoms with E-state index in [0.29, 0.717) is 12.7 Å². The summed E-state index contributed by atoms with van der Waals surface area (Å²) in [6, 6.07) is 0. The Labute approximate surface area is 90.5 Å². The van der Waals surface area contributed by atoms with E-state index in [1.807, 2.05) is 4.90 Å². The molecule has 0 aromatic heterocycles. The molecule has 2 fully saturated rings. The molecule has 1 unspecified atom stereocenters. The molecule has 15 heavy (non-hydrogen) atoms. The van der Waals surface area contributed by atoms with E-state index >= 15 is 0 Å². The zero-order valence-corrected chi connectivity index (χ0v) is 9.28. The van der Waals surface area contributed by atoms with Gasteiger partial charge in [-0.2, -0.15) is 0 Å². The third-order valence-corrected chi connectivity index (χ3v) is 3.37. The first-order valence-electron chi connectivity index (χ1n) is 5.70. The molecule has 0 saturated carbocycles. The number of ether oxygens (including phenoxy) is 2. The van der Waals surface area contributed by atoms with Crippen molar-refractivity contribution in [3.05, 3.63) is 0 Å². The summed E-state index contributed by atoms with van der Waals surface area (Å²) in [5, 5.41) is 0. The van der Waals surface area contributed by atoms with E-state index < -0.39 is 0 Å². The molecule has 0 radical (unpaired) electrons. The highest BCUT2D eigenvalue weighted by atomic mass is 16.5. The molecule has 86 valence electrons. The fraction of sp³-hybridized carbons (Fsp3) is 0.909. The highest BCUT2D eigenvalue weighted by molar-refractivity contribution is 5.79. The minimum atomic E-state index is 0.115. The van der Waals surface area contributed by atoms with Gasteiger partial charge in [-0.1, -0.05) is 0 Å². The van der Waals surface area contributed by atoms with E-state index in [4.69, 9.17) is 9.47 Å². The third-order valence-electron chi connectivity index (χ3n) is 3.37. The summed E-state index contributed by atoms with van der Waals surface area (Å²) in [6.45, 7) is 3.04. The molecule has 2 rings (SSSR count). The van der Waals surface area contributed by atoms with Crippen LogP contribution < -0.4 is 0 Å². The highest BCUT2D eigenvalue weighted by Gasteiger charge is 2.30. The first kappa shape index (κ1) is 10.9. The van der Waals surface area contributed by atoms with Crippen LogP contribution in [0.5, 0.6) is 0 Å². The second-order valence-corrected chi connectivity index (χ2v) is 4.32. The molecule has 0 spiro atoms. The Kier molecular flexibility index (Phi) is 3.59. The van der Waals surface area contributed by atoms with Crippen LogP contribution in [-0.4, -0.2) is 50.3 Å². The van der Waals surface area contributed by atoms with Gasteiger partial charge in [0.25, 0.3) is 0 Å². The van der Waals surface area contributed by atoms with Crippen molar-refractivity contribution < 1.29 is 14.3 Å². The summed E-state index contributed by atoms with van der Waals surface area (Å²) in [5.41, 5.74) is 0. The van der Waals surface area contributed by atoms with Crippen molar-refractivity contribution in [2.45, 2.75) is 25.4 Å². The van der Waals surface area contributed by atoms with Crippen molar-refractivity contribution in [2.24, 2.45) is 5.92 Å². The zero-order valence-electron chi connectivity index (χ0n) is 9.28. The van der Waals surface area contributed by atoms with Crippen LogP contribution in [0.15, 0.2) is 0 Å². The smallest absolute Gasteiger partial charge is 0.228 e. The summed E-state index contributed by atoms with van der Waals surface area (Å²) in [5.74, 6) is 0.395. The molecule has 0 aromatic carbocycles. The number of nitrogens with zero attached hydrogens (tertiary/aromatic N) is 1. The Morgan fingerprint density at radius 1 is 1.33 bits per heavy atom. The summed E-state index contributed by atoms with van der Waals surface area (Å²) in [6.07, 6.45) is 3.17. The van der Waals surface area contributed by atoms with Crippen molar-refractivity contribution in [3.63, 3.8) is 0 Å². The molecule has 1 atom stereocenters. The van der Waals surface area contributed by atoms with Crippen LogP contribution in [0.2, 0.25) is 0 Å². The topological polar surface area (TPSA) is 38.8 Å². The molecule has 2 saturated heterocycles. The SMILES string of the molecule is COC1CCN(C(=O)C2CCOC2)CC1. The molecular weight excluding hydrogens is 194 g/mol. The molecule has 0 aliphatic carbocycles. The lowest BCUT2D eigenvalue weighted by Crippen LogP contribution is -2.43. The summed E-state index contributed by atoms with van der Waals surface area (Å²) in [4.78, 5) is 14.0. The van der Waals surface area contributed by atoms with E-state index in [1.54, 1.807) is 7.11 Å². The average molecular weight is 213 g/mol. The van der Waals surface area contributed by atoms with Crippen molar-refractivity contribution >= 4 is 5.91 Å². The fourth-order valence-corrected chi connectivity index (χ4v) is 2.30. The predicted octanol–water partition coefficient (Wildman–Crippen LogP) is 0.660. The molecule has 0 N–H and O–H groups in total. The van der Waals surface area contributed by atoms with Gasteiger partial charge in [0.1, 0.15) is 0 Å². The van der Waals surface area contributed by atoms with Gasteiger partial charge in [0.15, 0.2) is 0 Å². The third kappa shape index (κ3) is 2.49. The maximum absolute atomic E-state index is 12.0. The Bertz CT molecular complexity index is 218. The van der Waals surface area contributed by atoms with Gasteiger partial charge in [0, 0.05) is 26.8 Å². The number of carbonyl (C=O) groups excluding carboxylic acids is 1. The second-order valence-electron chi connectivity index (χ2n) is 4.32. The maximum atomic E-state index is 12.0. The molecular formula is C11H19NO3. The zero-order chi connectivity index (χ0) is 10.7. The van der Waals surface area contributed by atoms with Crippen LogP contribution in [0.3, 0.4) is 0 Å². The van der Waals surface area contributed by atoms with Crippen LogP contribution in [0, 0.1) is 5.92 Å². The minimum Gasteiger partial charge on any atom is -0.381 e. The van der Waals surface area contributed by atoms with Crippen molar-refractivity contribution in [3.8, 4) is 0 Å². The summed E-state index contributed by atoms with van der Waals surface area (Å²) < 4.78 is 10.5. The molecule has 1 amide bonds. The normalized spacial score (nSPS) is 28.3. The standard InChI is InChI=1S/C11H19NO3/c1-14-10-2-5-12(6-3-10)11(13)9-4-7-15-8-9/h9-10H,2-8H2,1H3. The summed E-state index contributed by atoms with van der Waals surface area (Å²) in [7, 11) is 1.74. The van der Waals surface area contributed by atoms with Crippen molar-refractivity contribution in [1.82, 2.24) is 4.90 Å². The van der Waals surface area contributed by atoms with Crippen molar-refractivity contribution in [2.75, 3.05) is 33.4 Å². The van der Waals surface area contributed by atoms with Crippen LogP contribution in [-0.2, 0) is 14.3 Å². The number of likely N-dealkylation sites (tertiary alicyclic amines) is 1. The summed E-state index contributed by atoms with van der Waals surface area (Å²) >= 11 is 0. The minimum absolute atomic E-state index is 0.115. The number of rotatable bonds is 2.